The second-order valence-corrected chi connectivity index (χ2v) is 7.75. The molecule has 3 N–H and O–H groups in total. The highest BCUT2D eigenvalue weighted by Gasteiger charge is 2.57. The smallest absolute Gasteiger partial charge is 0.255 e. The third-order valence-corrected chi connectivity index (χ3v) is 5.86. The third kappa shape index (κ3) is 4.95. The zero-order valence-corrected chi connectivity index (χ0v) is 16.9. The molecule has 1 aliphatic carbocycles. The van der Waals surface area contributed by atoms with Crippen LogP contribution in [0.5, 0.6) is 0 Å². The Morgan fingerprint density at radius 1 is 1.10 bits per heavy atom. The highest BCUT2D eigenvalue weighted by molar-refractivity contribution is 6.04. The summed E-state index contributed by atoms with van der Waals surface area (Å²) in [7, 11) is 0. The van der Waals surface area contributed by atoms with E-state index in [-0.39, 0.29) is 41.4 Å². The van der Waals surface area contributed by atoms with Crippen LogP contribution in [0, 0.1) is 17.2 Å². The van der Waals surface area contributed by atoms with Gasteiger partial charge < -0.3 is 16.0 Å². The van der Waals surface area contributed by atoms with Crippen molar-refractivity contribution < 1.29 is 14.0 Å². The van der Waals surface area contributed by atoms with Gasteiger partial charge in [0.15, 0.2) is 0 Å². The molecule has 1 atom stereocenters. The minimum Gasteiger partial charge on any atom is -0.352 e. The topological polar surface area (TPSA) is 70.2 Å². The molecule has 2 aromatic carbocycles. The fourth-order valence-corrected chi connectivity index (χ4v) is 4.07. The summed E-state index contributed by atoms with van der Waals surface area (Å²) in [5, 5.41) is 9.19. The lowest BCUT2D eigenvalue weighted by Gasteiger charge is -2.23. The molecule has 1 aliphatic heterocycles. The van der Waals surface area contributed by atoms with Gasteiger partial charge >= 0.3 is 0 Å². The van der Waals surface area contributed by atoms with Gasteiger partial charge in [-0.25, -0.2) is 4.39 Å². The molecule has 154 valence electrons. The Morgan fingerprint density at radius 3 is 2.55 bits per heavy atom. The van der Waals surface area contributed by atoms with Crippen LogP contribution in [0.15, 0.2) is 48.5 Å². The molecule has 0 bridgehead atoms. The highest BCUT2D eigenvalue weighted by atomic mass is 35.5. The molecule has 2 amide bonds. The lowest BCUT2D eigenvalue weighted by molar-refractivity contribution is -0.123. The first kappa shape index (κ1) is 21.3. The number of halogens is 2. The highest BCUT2D eigenvalue weighted by Crippen LogP contribution is 2.58. The molecule has 1 unspecified atom stereocenters. The van der Waals surface area contributed by atoms with Crippen molar-refractivity contribution in [2.75, 3.05) is 18.4 Å². The van der Waals surface area contributed by atoms with E-state index in [1.165, 1.54) is 24.3 Å². The van der Waals surface area contributed by atoms with Crippen LogP contribution < -0.4 is 16.0 Å². The number of piperidine rings is 1. The first-order valence-electron chi connectivity index (χ1n) is 9.70. The molecule has 7 heteroatoms. The summed E-state index contributed by atoms with van der Waals surface area (Å²) in [6.07, 6.45) is 3.15. The summed E-state index contributed by atoms with van der Waals surface area (Å²) < 4.78 is 13.0. The van der Waals surface area contributed by atoms with E-state index < -0.39 is 0 Å². The van der Waals surface area contributed by atoms with Gasteiger partial charge in [-0.2, -0.15) is 0 Å². The molecule has 1 heterocycles. The van der Waals surface area contributed by atoms with Crippen LogP contribution in [0.2, 0.25) is 0 Å². The van der Waals surface area contributed by atoms with Crippen molar-refractivity contribution in [2.45, 2.75) is 25.8 Å². The van der Waals surface area contributed by atoms with Crippen LogP contribution in [0.4, 0.5) is 10.1 Å². The molecule has 1 saturated carbocycles. The van der Waals surface area contributed by atoms with Crippen molar-refractivity contribution in [3.8, 4) is 0 Å². The van der Waals surface area contributed by atoms with Crippen molar-refractivity contribution in [1.29, 1.82) is 0 Å². The molecule has 1 saturated heterocycles. The second kappa shape index (κ2) is 8.93. The summed E-state index contributed by atoms with van der Waals surface area (Å²) in [5.74, 6) is -0.415. The molecule has 4 rings (SSSR count). The Kier molecular flexibility index (Phi) is 6.55. The van der Waals surface area contributed by atoms with Gasteiger partial charge in [-0.1, -0.05) is 12.1 Å². The number of nitrogens with one attached hydrogen (secondary N) is 3. The van der Waals surface area contributed by atoms with Crippen molar-refractivity contribution in [2.24, 2.45) is 11.3 Å². The summed E-state index contributed by atoms with van der Waals surface area (Å²) >= 11 is 0. The number of hydrogen-bond donors (Lipinski definition) is 3. The van der Waals surface area contributed by atoms with Gasteiger partial charge in [0.1, 0.15) is 5.82 Å². The second-order valence-electron chi connectivity index (χ2n) is 7.75. The van der Waals surface area contributed by atoms with E-state index in [1.54, 1.807) is 6.07 Å². The number of hydrogen-bond acceptors (Lipinski definition) is 3. The van der Waals surface area contributed by atoms with Gasteiger partial charge in [-0.15, -0.1) is 12.4 Å². The number of amides is 2. The van der Waals surface area contributed by atoms with Gasteiger partial charge in [-0.3, -0.25) is 9.59 Å². The third-order valence-electron chi connectivity index (χ3n) is 5.86. The van der Waals surface area contributed by atoms with Crippen LogP contribution in [0.3, 0.4) is 0 Å². The monoisotopic (exact) mass is 417 g/mol. The minimum atomic E-state index is -0.378. The largest absolute Gasteiger partial charge is 0.352 e. The predicted molar refractivity (Wildman–Crippen MR) is 113 cm³/mol. The van der Waals surface area contributed by atoms with Crippen LogP contribution in [-0.2, 0) is 11.3 Å². The molecule has 0 aromatic heterocycles. The molecule has 2 fully saturated rings. The molecule has 5 nitrogen and oxygen atoms in total. The fraction of sp³-hybridized carbons (Fsp3) is 0.364. The van der Waals surface area contributed by atoms with Crippen molar-refractivity contribution >= 4 is 29.9 Å². The average molecular weight is 418 g/mol. The Balaban J connectivity index is 0.00000240. The first-order valence-corrected chi connectivity index (χ1v) is 9.70. The van der Waals surface area contributed by atoms with Gasteiger partial charge in [0, 0.05) is 23.7 Å². The van der Waals surface area contributed by atoms with E-state index in [9.17, 15) is 14.0 Å². The molecule has 2 aliphatic rings. The standard InChI is InChI=1S/C22H24FN3O2.ClH/c23-17-6-4-16(5-7-17)20(27)26-18-3-1-2-15(12-18)14-25-21(28)19-13-22(19)8-10-24-11-9-22;/h1-7,12,19,24H,8-11,13-14H2,(H,25,28)(H,26,27);1H. The van der Waals surface area contributed by atoms with E-state index >= 15 is 0 Å². The summed E-state index contributed by atoms with van der Waals surface area (Å²) in [6, 6.07) is 12.8. The predicted octanol–water partition coefficient (Wildman–Crippen LogP) is 3.51. The number of anilines is 1. The maximum absolute atomic E-state index is 13.0. The Hall–Kier alpha value is -2.44. The summed E-state index contributed by atoms with van der Waals surface area (Å²) in [4.78, 5) is 24.8. The Bertz CT molecular complexity index is 882. The summed E-state index contributed by atoms with van der Waals surface area (Å²) in [6.45, 7) is 2.43. The zero-order chi connectivity index (χ0) is 19.6. The van der Waals surface area contributed by atoms with Gasteiger partial charge in [0.2, 0.25) is 5.91 Å². The molecular formula is C22H25ClFN3O2. The minimum absolute atomic E-state index is 0. The molecule has 29 heavy (non-hydrogen) atoms. The average Bonchev–Trinajstić information content (AvgIpc) is 3.40. The zero-order valence-electron chi connectivity index (χ0n) is 16.0. The summed E-state index contributed by atoms with van der Waals surface area (Å²) in [5.41, 5.74) is 2.18. The normalized spacial score (nSPS) is 19.1. The number of benzene rings is 2. The van der Waals surface area contributed by atoms with Crippen LogP contribution >= 0.6 is 12.4 Å². The number of carbonyl (C=O) groups is 2. The maximum Gasteiger partial charge on any atom is 0.255 e. The molecule has 1 spiro atoms. The van der Waals surface area contributed by atoms with Crippen LogP contribution in [-0.4, -0.2) is 24.9 Å². The molecule has 2 aromatic rings. The van der Waals surface area contributed by atoms with E-state index in [0.29, 0.717) is 17.8 Å². The number of rotatable bonds is 5. The van der Waals surface area contributed by atoms with Crippen LogP contribution in [0.25, 0.3) is 0 Å². The van der Waals surface area contributed by atoms with Gasteiger partial charge in [0.05, 0.1) is 0 Å². The van der Waals surface area contributed by atoms with Gasteiger partial charge in [0.25, 0.3) is 5.91 Å². The lowest BCUT2D eigenvalue weighted by atomic mass is 9.92. The van der Waals surface area contributed by atoms with E-state index in [4.69, 9.17) is 0 Å². The van der Waals surface area contributed by atoms with Crippen LogP contribution in [0.1, 0.15) is 35.2 Å². The van der Waals surface area contributed by atoms with Gasteiger partial charge in [-0.05, 0) is 79.7 Å². The van der Waals surface area contributed by atoms with E-state index in [1.807, 2.05) is 18.2 Å². The fourth-order valence-electron chi connectivity index (χ4n) is 4.07. The number of carbonyl (C=O) groups excluding carboxylic acids is 2. The quantitative estimate of drug-likeness (QED) is 0.697. The van der Waals surface area contributed by atoms with Crippen molar-refractivity contribution in [3.05, 3.63) is 65.5 Å². The molecule has 0 radical (unpaired) electrons. The lowest BCUT2D eigenvalue weighted by Crippen LogP contribution is -2.33. The SMILES string of the molecule is Cl.O=C(Nc1cccc(CNC(=O)C2CC23CCNCC3)c1)c1ccc(F)cc1. The molecular weight excluding hydrogens is 393 g/mol. The Labute approximate surface area is 175 Å². The van der Waals surface area contributed by atoms with Crippen molar-refractivity contribution in [1.82, 2.24) is 10.6 Å². The van der Waals surface area contributed by atoms with Crippen molar-refractivity contribution in [3.63, 3.8) is 0 Å². The Morgan fingerprint density at radius 2 is 1.83 bits per heavy atom. The first-order chi connectivity index (χ1) is 13.6. The van der Waals surface area contributed by atoms with E-state index in [2.05, 4.69) is 16.0 Å². The van der Waals surface area contributed by atoms with E-state index in [0.717, 1.165) is 37.9 Å². The maximum atomic E-state index is 13.0.